The Balaban J connectivity index is 2.06. The zero-order valence-electron chi connectivity index (χ0n) is 11.5. The number of sulfone groups is 1. The van der Waals surface area contributed by atoms with Gasteiger partial charge in [-0.15, -0.1) is 0 Å². The molecule has 1 aromatic carbocycles. The van der Waals surface area contributed by atoms with Crippen LogP contribution in [0.4, 0.5) is 5.69 Å². The molecule has 2 rings (SSSR count). The van der Waals surface area contributed by atoms with E-state index in [9.17, 15) is 13.2 Å². The van der Waals surface area contributed by atoms with Gasteiger partial charge < -0.3 is 11.1 Å². The third kappa shape index (κ3) is 3.72. The smallest absolute Gasteiger partial charge is 0.248 e. The second kappa shape index (κ2) is 5.83. The topological polar surface area (TPSA) is 89.3 Å². The van der Waals surface area contributed by atoms with E-state index in [1.54, 1.807) is 18.2 Å². The minimum Gasteiger partial charge on any atom is -0.382 e. The van der Waals surface area contributed by atoms with Crippen LogP contribution in [0.2, 0.25) is 0 Å². The lowest BCUT2D eigenvalue weighted by Crippen LogP contribution is -2.34. The molecule has 1 amide bonds. The van der Waals surface area contributed by atoms with Crippen LogP contribution in [0, 0.1) is 0 Å². The summed E-state index contributed by atoms with van der Waals surface area (Å²) in [6.45, 7) is 0. The molecule has 2 atom stereocenters. The molecule has 0 radical (unpaired) electrons. The number of hydrogen-bond donors (Lipinski definition) is 2. The normalized spacial score (nSPS) is 23.2. The lowest BCUT2D eigenvalue weighted by atomic mass is 9.94. The van der Waals surface area contributed by atoms with Crippen molar-refractivity contribution in [1.29, 1.82) is 0 Å². The summed E-state index contributed by atoms with van der Waals surface area (Å²) in [7, 11) is -2.99. The molecular formula is C14H20N2O3S. The van der Waals surface area contributed by atoms with Crippen LogP contribution < -0.4 is 11.1 Å². The van der Waals surface area contributed by atoms with Crippen molar-refractivity contribution in [3.63, 3.8) is 0 Å². The van der Waals surface area contributed by atoms with E-state index in [-0.39, 0.29) is 11.3 Å². The van der Waals surface area contributed by atoms with Crippen molar-refractivity contribution in [2.75, 3.05) is 11.6 Å². The highest BCUT2D eigenvalue weighted by Crippen LogP contribution is 2.26. The fourth-order valence-corrected chi connectivity index (χ4v) is 3.84. The van der Waals surface area contributed by atoms with Gasteiger partial charge >= 0.3 is 0 Å². The van der Waals surface area contributed by atoms with E-state index < -0.39 is 15.7 Å². The Hall–Kier alpha value is -1.56. The van der Waals surface area contributed by atoms with Crippen LogP contribution in [0.15, 0.2) is 24.3 Å². The quantitative estimate of drug-likeness (QED) is 0.882. The molecule has 0 saturated heterocycles. The van der Waals surface area contributed by atoms with E-state index in [1.165, 1.54) is 6.26 Å². The van der Waals surface area contributed by atoms with Crippen LogP contribution in [0.1, 0.15) is 36.0 Å². The first kappa shape index (κ1) is 14.8. The number of primary amides is 1. The Kier molecular flexibility index (Phi) is 4.32. The summed E-state index contributed by atoms with van der Waals surface area (Å²) in [6.07, 6.45) is 4.48. The van der Waals surface area contributed by atoms with E-state index in [2.05, 4.69) is 5.32 Å². The third-order valence-corrected chi connectivity index (χ3v) is 5.39. The predicted molar refractivity (Wildman–Crippen MR) is 79.5 cm³/mol. The molecule has 1 aromatic rings. The molecule has 0 bridgehead atoms. The van der Waals surface area contributed by atoms with Crippen molar-refractivity contribution < 1.29 is 13.2 Å². The monoisotopic (exact) mass is 296 g/mol. The Bertz CT molecular complexity index is 598. The van der Waals surface area contributed by atoms with Crippen molar-refractivity contribution in [1.82, 2.24) is 0 Å². The number of rotatable bonds is 4. The summed E-state index contributed by atoms with van der Waals surface area (Å²) in [5.74, 6) is -0.466. The fraction of sp³-hybridized carbons (Fsp3) is 0.500. The summed E-state index contributed by atoms with van der Waals surface area (Å²) in [5, 5.41) is 3.04. The number of hydrogen-bond acceptors (Lipinski definition) is 4. The highest BCUT2D eigenvalue weighted by atomic mass is 32.2. The van der Waals surface area contributed by atoms with E-state index >= 15 is 0 Å². The van der Waals surface area contributed by atoms with Gasteiger partial charge in [0.25, 0.3) is 0 Å². The number of carbonyl (C=O) groups excluding carboxylic acids is 1. The highest BCUT2D eigenvalue weighted by Gasteiger charge is 2.28. The predicted octanol–water partition coefficient (Wildman–Crippen LogP) is 1.55. The average molecular weight is 296 g/mol. The molecule has 0 spiro atoms. The van der Waals surface area contributed by atoms with Gasteiger partial charge in [0.15, 0.2) is 0 Å². The molecule has 1 aliphatic carbocycles. The summed E-state index contributed by atoms with van der Waals surface area (Å²) in [5.41, 5.74) is 6.50. The molecule has 20 heavy (non-hydrogen) atoms. The second-order valence-electron chi connectivity index (χ2n) is 5.40. The van der Waals surface area contributed by atoms with Crippen LogP contribution in [0.5, 0.6) is 0 Å². The molecule has 1 saturated carbocycles. The van der Waals surface area contributed by atoms with Crippen LogP contribution in [-0.2, 0) is 9.84 Å². The number of anilines is 1. The molecule has 3 N–H and O–H groups in total. The van der Waals surface area contributed by atoms with Gasteiger partial charge in [0.2, 0.25) is 5.91 Å². The second-order valence-corrected chi connectivity index (χ2v) is 7.73. The lowest BCUT2D eigenvalue weighted by Gasteiger charge is -2.29. The van der Waals surface area contributed by atoms with Crippen molar-refractivity contribution in [2.45, 2.75) is 37.0 Å². The van der Waals surface area contributed by atoms with E-state index in [0.29, 0.717) is 12.0 Å². The summed E-state index contributed by atoms with van der Waals surface area (Å²) >= 11 is 0. The summed E-state index contributed by atoms with van der Waals surface area (Å²) in [4.78, 5) is 11.1. The van der Waals surface area contributed by atoms with Gasteiger partial charge in [0.1, 0.15) is 9.84 Å². The van der Waals surface area contributed by atoms with E-state index in [1.807, 2.05) is 6.07 Å². The Morgan fingerprint density at radius 2 is 2.10 bits per heavy atom. The standard InChI is InChI=1S/C14H20N2O3S/c1-20(18,19)13-7-3-6-12(9-13)16-11-5-2-4-10(8-11)14(15)17/h2,4-5,8,12-13,16H,3,6-7,9H2,1H3,(H2,15,17). The maximum absolute atomic E-state index is 11.6. The maximum Gasteiger partial charge on any atom is 0.248 e. The number of nitrogens with two attached hydrogens (primary N) is 1. The van der Waals surface area contributed by atoms with Gasteiger partial charge in [-0.05, 0) is 37.5 Å². The van der Waals surface area contributed by atoms with Gasteiger partial charge in [0, 0.05) is 23.5 Å². The minimum atomic E-state index is -2.99. The molecule has 0 aliphatic heterocycles. The maximum atomic E-state index is 11.6. The van der Waals surface area contributed by atoms with Crippen LogP contribution in [0.3, 0.4) is 0 Å². The largest absolute Gasteiger partial charge is 0.382 e. The zero-order chi connectivity index (χ0) is 14.8. The molecular weight excluding hydrogens is 276 g/mol. The number of carbonyl (C=O) groups is 1. The molecule has 0 aromatic heterocycles. The van der Waals surface area contributed by atoms with Gasteiger partial charge in [-0.25, -0.2) is 8.42 Å². The Labute approximate surface area is 119 Å². The van der Waals surface area contributed by atoms with Crippen molar-refractivity contribution >= 4 is 21.4 Å². The highest BCUT2D eigenvalue weighted by molar-refractivity contribution is 7.91. The third-order valence-electron chi connectivity index (χ3n) is 3.75. The first-order chi connectivity index (χ1) is 9.36. The van der Waals surface area contributed by atoms with Gasteiger partial charge in [-0.3, -0.25) is 4.79 Å². The number of benzene rings is 1. The lowest BCUT2D eigenvalue weighted by molar-refractivity contribution is 0.100. The number of amides is 1. The van der Waals surface area contributed by atoms with Crippen LogP contribution in [-0.4, -0.2) is 31.9 Å². The number of nitrogens with one attached hydrogen (secondary N) is 1. The van der Waals surface area contributed by atoms with Gasteiger partial charge in [0.05, 0.1) is 5.25 Å². The molecule has 0 heterocycles. The van der Waals surface area contributed by atoms with Crippen molar-refractivity contribution in [2.24, 2.45) is 5.73 Å². The first-order valence-corrected chi connectivity index (χ1v) is 8.67. The van der Waals surface area contributed by atoms with Crippen molar-refractivity contribution in [3.8, 4) is 0 Å². The molecule has 2 unspecified atom stereocenters. The Morgan fingerprint density at radius 3 is 2.75 bits per heavy atom. The SMILES string of the molecule is CS(=O)(=O)C1CCCC(Nc2cccc(C(N)=O)c2)C1. The van der Waals surface area contributed by atoms with E-state index in [4.69, 9.17) is 5.73 Å². The van der Waals surface area contributed by atoms with Crippen molar-refractivity contribution in [3.05, 3.63) is 29.8 Å². The van der Waals surface area contributed by atoms with Crippen LogP contribution in [0.25, 0.3) is 0 Å². The molecule has 6 heteroatoms. The molecule has 1 aliphatic rings. The zero-order valence-corrected chi connectivity index (χ0v) is 12.3. The average Bonchev–Trinajstić information content (AvgIpc) is 2.38. The molecule has 110 valence electrons. The first-order valence-electron chi connectivity index (χ1n) is 6.71. The van der Waals surface area contributed by atoms with Crippen LogP contribution >= 0.6 is 0 Å². The van der Waals surface area contributed by atoms with Gasteiger partial charge in [-0.1, -0.05) is 12.5 Å². The van der Waals surface area contributed by atoms with Gasteiger partial charge in [-0.2, -0.15) is 0 Å². The summed E-state index contributed by atoms with van der Waals surface area (Å²) < 4.78 is 23.3. The summed E-state index contributed by atoms with van der Waals surface area (Å²) in [6, 6.07) is 7.10. The minimum absolute atomic E-state index is 0.117. The van der Waals surface area contributed by atoms with E-state index in [0.717, 1.165) is 24.9 Å². The molecule has 5 nitrogen and oxygen atoms in total. The fourth-order valence-electron chi connectivity index (χ4n) is 2.66. The molecule has 1 fully saturated rings. The Morgan fingerprint density at radius 1 is 1.35 bits per heavy atom.